The summed E-state index contributed by atoms with van der Waals surface area (Å²) in [6, 6.07) is 7.05. The van der Waals surface area contributed by atoms with Crippen LogP contribution in [0.2, 0.25) is 0 Å². The van der Waals surface area contributed by atoms with E-state index in [-0.39, 0.29) is 29.4 Å². The van der Waals surface area contributed by atoms with Crippen LogP contribution in [-0.2, 0) is 4.74 Å². The number of anilines is 1. The molecular formula is C15H13F2NO3. The summed E-state index contributed by atoms with van der Waals surface area (Å²) in [4.78, 5) is 11.6. The van der Waals surface area contributed by atoms with Crippen LogP contribution in [0.3, 0.4) is 0 Å². The zero-order valence-electron chi connectivity index (χ0n) is 11.2. The molecule has 0 radical (unpaired) electrons. The molecule has 0 heterocycles. The molecule has 2 N–H and O–H groups in total. The third kappa shape index (κ3) is 3.68. The van der Waals surface area contributed by atoms with Gasteiger partial charge < -0.3 is 15.2 Å². The Hall–Kier alpha value is -2.63. The van der Waals surface area contributed by atoms with Crippen LogP contribution in [0.4, 0.5) is 14.5 Å². The lowest BCUT2D eigenvalue weighted by atomic mass is 10.2. The van der Waals surface area contributed by atoms with Crippen LogP contribution in [0.1, 0.15) is 17.3 Å². The molecule has 110 valence electrons. The molecule has 0 aliphatic carbocycles. The largest absolute Gasteiger partial charge is 0.462 e. The van der Waals surface area contributed by atoms with Crippen molar-refractivity contribution in [1.82, 2.24) is 0 Å². The first-order valence-electron chi connectivity index (χ1n) is 6.20. The van der Waals surface area contributed by atoms with Crippen molar-refractivity contribution in [2.45, 2.75) is 6.92 Å². The molecule has 0 saturated carbocycles. The van der Waals surface area contributed by atoms with E-state index in [1.165, 1.54) is 18.2 Å². The van der Waals surface area contributed by atoms with Gasteiger partial charge in [-0.2, -0.15) is 0 Å². The van der Waals surface area contributed by atoms with Gasteiger partial charge in [-0.05, 0) is 25.1 Å². The number of esters is 1. The number of rotatable bonds is 4. The molecule has 2 aromatic carbocycles. The van der Waals surface area contributed by atoms with E-state index in [1.807, 2.05) is 0 Å². The Labute approximate surface area is 120 Å². The van der Waals surface area contributed by atoms with E-state index < -0.39 is 17.6 Å². The Balaban J connectivity index is 2.30. The molecule has 0 fully saturated rings. The number of hydrogen-bond acceptors (Lipinski definition) is 4. The molecule has 0 aliphatic rings. The minimum atomic E-state index is -0.773. The Morgan fingerprint density at radius 3 is 2.43 bits per heavy atom. The highest BCUT2D eigenvalue weighted by atomic mass is 19.1. The van der Waals surface area contributed by atoms with Gasteiger partial charge >= 0.3 is 5.97 Å². The Morgan fingerprint density at radius 2 is 1.81 bits per heavy atom. The second kappa shape index (κ2) is 6.21. The van der Waals surface area contributed by atoms with Crippen LogP contribution >= 0.6 is 0 Å². The van der Waals surface area contributed by atoms with Gasteiger partial charge in [-0.3, -0.25) is 0 Å². The fourth-order valence-corrected chi connectivity index (χ4v) is 1.68. The van der Waals surface area contributed by atoms with E-state index >= 15 is 0 Å². The van der Waals surface area contributed by atoms with Gasteiger partial charge in [-0.15, -0.1) is 0 Å². The predicted octanol–water partition coefficient (Wildman–Crippen LogP) is 3.52. The summed E-state index contributed by atoms with van der Waals surface area (Å²) in [6.07, 6.45) is 0. The van der Waals surface area contributed by atoms with Crippen LogP contribution in [0.5, 0.6) is 11.5 Å². The normalized spacial score (nSPS) is 10.2. The van der Waals surface area contributed by atoms with Crippen molar-refractivity contribution in [3.8, 4) is 11.5 Å². The van der Waals surface area contributed by atoms with Gasteiger partial charge in [0.1, 0.15) is 17.4 Å². The van der Waals surface area contributed by atoms with E-state index in [9.17, 15) is 13.6 Å². The number of nitrogen functional groups attached to an aromatic ring is 1. The first-order valence-corrected chi connectivity index (χ1v) is 6.20. The highest BCUT2D eigenvalue weighted by molar-refractivity contribution is 5.90. The number of halogens is 2. The van der Waals surface area contributed by atoms with Gasteiger partial charge in [0, 0.05) is 18.2 Å². The minimum Gasteiger partial charge on any atom is -0.462 e. The molecule has 0 spiro atoms. The maximum Gasteiger partial charge on any atom is 0.338 e. The molecule has 0 bridgehead atoms. The highest BCUT2D eigenvalue weighted by Gasteiger charge is 2.11. The molecule has 0 aliphatic heterocycles. The number of carbonyl (C=O) groups is 1. The van der Waals surface area contributed by atoms with Gasteiger partial charge in [0.25, 0.3) is 0 Å². The fraction of sp³-hybridized carbons (Fsp3) is 0.133. The molecule has 21 heavy (non-hydrogen) atoms. The number of benzene rings is 2. The van der Waals surface area contributed by atoms with Crippen molar-refractivity contribution in [3.05, 3.63) is 53.6 Å². The lowest BCUT2D eigenvalue weighted by molar-refractivity contribution is 0.0526. The third-order valence-electron chi connectivity index (χ3n) is 2.59. The van der Waals surface area contributed by atoms with Crippen molar-refractivity contribution in [1.29, 1.82) is 0 Å². The highest BCUT2D eigenvalue weighted by Crippen LogP contribution is 2.29. The topological polar surface area (TPSA) is 61.5 Å². The molecule has 2 aromatic rings. The van der Waals surface area contributed by atoms with E-state index in [0.717, 1.165) is 18.2 Å². The average Bonchev–Trinajstić information content (AvgIpc) is 2.40. The molecule has 0 aromatic heterocycles. The smallest absolute Gasteiger partial charge is 0.338 e. The zero-order valence-corrected chi connectivity index (χ0v) is 11.2. The number of carbonyl (C=O) groups excluding carboxylic acids is 1. The Kier molecular flexibility index (Phi) is 4.37. The van der Waals surface area contributed by atoms with Gasteiger partial charge in [0.2, 0.25) is 0 Å². The first kappa shape index (κ1) is 14.8. The average molecular weight is 293 g/mol. The standard InChI is InChI=1S/C15H13F2NO3/c1-2-20-15(19)9-3-4-13(18)14(5-9)21-12-7-10(16)6-11(17)8-12/h3-8H,2,18H2,1H3. The van der Waals surface area contributed by atoms with E-state index in [4.69, 9.17) is 15.2 Å². The second-order valence-corrected chi connectivity index (χ2v) is 4.18. The Morgan fingerprint density at radius 1 is 1.14 bits per heavy atom. The van der Waals surface area contributed by atoms with Gasteiger partial charge in [-0.25, -0.2) is 13.6 Å². The summed E-state index contributed by atoms with van der Waals surface area (Å²) in [5, 5.41) is 0. The van der Waals surface area contributed by atoms with Gasteiger partial charge in [0.15, 0.2) is 5.75 Å². The monoisotopic (exact) mass is 293 g/mol. The Bertz CT molecular complexity index is 654. The van der Waals surface area contributed by atoms with Crippen molar-refractivity contribution < 1.29 is 23.0 Å². The molecule has 0 saturated heterocycles. The quantitative estimate of drug-likeness (QED) is 0.692. The lowest BCUT2D eigenvalue weighted by Crippen LogP contribution is -2.05. The lowest BCUT2D eigenvalue weighted by Gasteiger charge is -2.10. The summed E-state index contributed by atoms with van der Waals surface area (Å²) in [5.41, 5.74) is 6.19. The van der Waals surface area contributed by atoms with Crippen molar-refractivity contribution in [2.75, 3.05) is 12.3 Å². The molecule has 0 amide bonds. The second-order valence-electron chi connectivity index (χ2n) is 4.18. The fourth-order valence-electron chi connectivity index (χ4n) is 1.68. The van der Waals surface area contributed by atoms with E-state index in [2.05, 4.69) is 0 Å². The zero-order chi connectivity index (χ0) is 15.4. The molecule has 0 unspecified atom stereocenters. The summed E-state index contributed by atoms with van der Waals surface area (Å²) in [6.45, 7) is 1.91. The summed E-state index contributed by atoms with van der Waals surface area (Å²) in [7, 11) is 0. The maximum atomic E-state index is 13.1. The maximum absolute atomic E-state index is 13.1. The van der Waals surface area contributed by atoms with Gasteiger partial charge in [-0.1, -0.05) is 0 Å². The van der Waals surface area contributed by atoms with Crippen LogP contribution in [0, 0.1) is 11.6 Å². The van der Waals surface area contributed by atoms with Crippen LogP contribution in [0.25, 0.3) is 0 Å². The van der Waals surface area contributed by atoms with E-state index in [1.54, 1.807) is 6.92 Å². The van der Waals surface area contributed by atoms with Crippen molar-refractivity contribution >= 4 is 11.7 Å². The molecule has 6 heteroatoms. The minimum absolute atomic E-state index is 0.0554. The van der Waals surface area contributed by atoms with Crippen molar-refractivity contribution in [2.24, 2.45) is 0 Å². The molecule has 2 rings (SSSR count). The van der Waals surface area contributed by atoms with Crippen LogP contribution < -0.4 is 10.5 Å². The van der Waals surface area contributed by atoms with Gasteiger partial charge in [0.05, 0.1) is 17.9 Å². The number of hydrogen-bond donors (Lipinski definition) is 1. The van der Waals surface area contributed by atoms with Crippen LogP contribution in [0.15, 0.2) is 36.4 Å². The number of ether oxygens (including phenoxy) is 2. The summed E-state index contributed by atoms with van der Waals surface area (Å²) < 4.78 is 36.4. The number of nitrogens with two attached hydrogens (primary N) is 1. The van der Waals surface area contributed by atoms with Crippen LogP contribution in [-0.4, -0.2) is 12.6 Å². The summed E-state index contributed by atoms with van der Waals surface area (Å²) >= 11 is 0. The molecule has 4 nitrogen and oxygen atoms in total. The summed E-state index contributed by atoms with van der Waals surface area (Å²) in [5.74, 6) is -2.02. The molecular weight excluding hydrogens is 280 g/mol. The van der Waals surface area contributed by atoms with Crippen molar-refractivity contribution in [3.63, 3.8) is 0 Å². The predicted molar refractivity (Wildman–Crippen MR) is 73.2 cm³/mol. The van der Waals surface area contributed by atoms with E-state index in [0.29, 0.717) is 0 Å². The first-order chi connectivity index (χ1) is 9.99. The third-order valence-corrected chi connectivity index (χ3v) is 2.59. The SMILES string of the molecule is CCOC(=O)c1ccc(N)c(Oc2cc(F)cc(F)c2)c1. The molecule has 0 atom stereocenters.